The third-order valence-electron chi connectivity index (χ3n) is 2.85. The van der Waals surface area contributed by atoms with Crippen molar-refractivity contribution in [2.75, 3.05) is 18.2 Å². The number of rotatable bonds is 2. The maximum absolute atomic E-state index is 11.8. The van der Waals surface area contributed by atoms with E-state index < -0.39 is 5.60 Å². The van der Waals surface area contributed by atoms with E-state index in [4.69, 9.17) is 0 Å². The Bertz CT molecular complexity index is 220. The highest BCUT2D eigenvalue weighted by atomic mass is 32.2. The van der Waals surface area contributed by atoms with Gasteiger partial charge in [0, 0.05) is 12.3 Å². The van der Waals surface area contributed by atoms with Crippen molar-refractivity contribution in [1.82, 2.24) is 4.90 Å². The number of aliphatic hydroxyl groups is 1. The van der Waals surface area contributed by atoms with Crippen molar-refractivity contribution in [3.63, 3.8) is 0 Å². The van der Waals surface area contributed by atoms with Crippen LogP contribution in [0.15, 0.2) is 0 Å². The van der Waals surface area contributed by atoms with E-state index in [0.29, 0.717) is 0 Å². The number of carbonyl (C=O) groups excluding carboxylic acids is 1. The molecule has 1 saturated carbocycles. The second-order valence-electron chi connectivity index (χ2n) is 4.03. The Balaban J connectivity index is 2.01. The van der Waals surface area contributed by atoms with Crippen LogP contribution < -0.4 is 0 Å². The first kappa shape index (κ1) is 9.34. The van der Waals surface area contributed by atoms with Crippen LogP contribution in [0.5, 0.6) is 0 Å². The van der Waals surface area contributed by atoms with Crippen LogP contribution in [0.1, 0.15) is 19.8 Å². The number of thioether (sulfide) groups is 1. The van der Waals surface area contributed by atoms with E-state index in [0.717, 1.165) is 31.0 Å². The van der Waals surface area contributed by atoms with Crippen LogP contribution in [-0.4, -0.2) is 39.7 Å². The molecular weight excluding hydrogens is 186 g/mol. The van der Waals surface area contributed by atoms with Crippen molar-refractivity contribution in [1.29, 1.82) is 0 Å². The summed E-state index contributed by atoms with van der Waals surface area (Å²) in [5.41, 5.74) is -1.09. The quantitative estimate of drug-likeness (QED) is 0.714. The highest BCUT2D eigenvalue weighted by Crippen LogP contribution is 2.40. The Hall–Kier alpha value is -0.220. The molecule has 0 aromatic rings. The molecule has 0 spiro atoms. The minimum absolute atomic E-state index is 0.0694. The second-order valence-corrected chi connectivity index (χ2v) is 5.10. The lowest BCUT2D eigenvalue weighted by atomic mass is 9.99. The fourth-order valence-corrected chi connectivity index (χ4v) is 2.66. The fraction of sp³-hybridized carbons (Fsp3) is 0.889. The molecule has 3 nitrogen and oxygen atoms in total. The molecule has 1 heterocycles. The largest absolute Gasteiger partial charge is 0.380 e. The molecule has 2 fully saturated rings. The molecule has 13 heavy (non-hydrogen) atoms. The first-order chi connectivity index (χ1) is 6.12. The molecule has 0 bridgehead atoms. The van der Waals surface area contributed by atoms with E-state index in [1.165, 1.54) is 0 Å². The Kier molecular flexibility index (Phi) is 2.28. The number of carbonyl (C=O) groups is 1. The molecule has 0 aromatic carbocycles. The van der Waals surface area contributed by atoms with Crippen LogP contribution in [0, 0.1) is 5.92 Å². The third kappa shape index (κ3) is 1.70. The van der Waals surface area contributed by atoms with Gasteiger partial charge in [-0.1, -0.05) is 0 Å². The van der Waals surface area contributed by atoms with E-state index in [1.807, 2.05) is 0 Å². The van der Waals surface area contributed by atoms with E-state index in [-0.39, 0.29) is 11.8 Å². The maximum Gasteiger partial charge on any atom is 0.255 e. The van der Waals surface area contributed by atoms with Crippen molar-refractivity contribution in [2.24, 2.45) is 5.92 Å². The fourth-order valence-electron chi connectivity index (χ4n) is 1.71. The van der Waals surface area contributed by atoms with Crippen LogP contribution in [0.25, 0.3) is 0 Å². The summed E-state index contributed by atoms with van der Waals surface area (Å²) >= 11 is 1.75. The Labute approximate surface area is 82.5 Å². The minimum atomic E-state index is -1.09. The lowest BCUT2D eigenvalue weighted by molar-refractivity contribution is -0.150. The van der Waals surface area contributed by atoms with Crippen LogP contribution in [-0.2, 0) is 4.79 Å². The average Bonchev–Trinajstić information content (AvgIpc) is 2.82. The van der Waals surface area contributed by atoms with Gasteiger partial charge in [-0.05, 0) is 25.7 Å². The molecule has 74 valence electrons. The summed E-state index contributed by atoms with van der Waals surface area (Å²) in [5, 5.41) is 9.98. The van der Waals surface area contributed by atoms with Crippen molar-refractivity contribution in [3.05, 3.63) is 0 Å². The monoisotopic (exact) mass is 201 g/mol. The molecule has 0 radical (unpaired) electrons. The third-order valence-corrected chi connectivity index (χ3v) is 3.81. The number of hydrogen-bond donors (Lipinski definition) is 1. The van der Waals surface area contributed by atoms with Gasteiger partial charge in [0.1, 0.15) is 5.60 Å². The van der Waals surface area contributed by atoms with E-state index in [9.17, 15) is 9.90 Å². The SMILES string of the molecule is CC(O)(C(=O)N1CCSC1)C1CC1. The van der Waals surface area contributed by atoms with Gasteiger partial charge in [-0.2, -0.15) is 0 Å². The van der Waals surface area contributed by atoms with Crippen LogP contribution >= 0.6 is 11.8 Å². The van der Waals surface area contributed by atoms with Crippen LogP contribution in [0.3, 0.4) is 0 Å². The van der Waals surface area contributed by atoms with Gasteiger partial charge in [0.2, 0.25) is 0 Å². The van der Waals surface area contributed by atoms with Gasteiger partial charge in [-0.3, -0.25) is 4.79 Å². The Morgan fingerprint density at radius 3 is 2.77 bits per heavy atom. The summed E-state index contributed by atoms with van der Waals surface area (Å²) in [6, 6.07) is 0. The van der Waals surface area contributed by atoms with E-state index >= 15 is 0 Å². The molecule has 1 saturated heterocycles. The first-order valence-corrected chi connectivity index (χ1v) is 5.87. The van der Waals surface area contributed by atoms with Crippen molar-refractivity contribution in [3.8, 4) is 0 Å². The summed E-state index contributed by atoms with van der Waals surface area (Å²) < 4.78 is 0. The minimum Gasteiger partial charge on any atom is -0.380 e. The second kappa shape index (κ2) is 3.17. The molecule has 1 atom stereocenters. The first-order valence-electron chi connectivity index (χ1n) is 4.72. The van der Waals surface area contributed by atoms with E-state index in [1.54, 1.807) is 23.6 Å². The molecular formula is C9H15NO2S. The van der Waals surface area contributed by atoms with Gasteiger partial charge < -0.3 is 10.0 Å². The normalized spacial score (nSPS) is 27.4. The van der Waals surface area contributed by atoms with Gasteiger partial charge in [-0.25, -0.2) is 0 Å². The Morgan fingerprint density at radius 1 is 1.62 bits per heavy atom. The Morgan fingerprint density at radius 2 is 2.31 bits per heavy atom. The number of nitrogens with zero attached hydrogens (tertiary/aromatic N) is 1. The van der Waals surface area contributed by atoms with E-state index in [2.05, 4.69) is 0 Å². The van der Waals surface area contributed by atoms with Crippen LogP contribution in [0.2, 0.25) is 0 Å². The molecule has 1 aliphatic heterocycles. The highest BCUT2D eigenvalue weighted by Gasteiger charge is 2.47. The maximum atomic E-state index is 11.8. The molecule has 1 aliphatic carbocycles. The zero-order chi connectivity index (χ0) is 9.47. The molecule has 2 rings (SSSR count). The summed E-state index contributed by atoms with van der Waals surface area (Å²) in [4.78, 5) is 13.6. The molecule has 1 N–H and O–H groups in total. The highest BCUT2D eigenvalue weighted by molar-refractivity contribution is 7.99. The van der Waals surface area contributed by atoms with Gasteiger partial charge in [0.15, 0.2) is 0 Å². The van der Waals surface area contributed by atoms with Gasteiger partial charge in [-0.15, -0.1) is 11.8 Å². The lowest BCUT2D eigenvalue weighted by Gasteiger charge is -2.27. The standard InChI is InChI=1S/C9H15NO2S/c1-9(12,7-2-3-7)8(11)10-4-5-13-6-10/h7,12H,2-6H2,1H3. The number of hydrogen-bond acceptors (Lipinski definition) is 3. The van der Waals surface area contributed by atoms with Crippen molar-refractivity contribution >= 4 is 17.7 Å². The zero-order valence-electron chi connectivity index (χ0n) is 7.82. The van der Waals surface area contributed by atoms with Crippen molar-refractivity contribution < 1.29 is 9.90 Å². The van der Waals surface area contributed by atoms with Gasteiger partial charge in [0.05, 0.1) is 5.88 Å². The number of amides is 1. The topological polar surface area (TPSA) is 40.5 Å². The molecule has 1 amide bonds. The molecule has 4 heteroatoms. The summed E-state index contributed by atoms with van der Waals surface area (Å²) in [5.74, 6) is 1.90. The lowest BCUT2D eigenvalue weighted by Crippen LogP contribution is -2.47. The zero-order valence-corrected chi connectivity index (χ0v) is 8.64. The summed E-state index contributed by atoms with van der Waals surface area (Å²) in [6.45, 7) is 2.46. The van der Waals surface area contributed by atoms with Gasteiger partial charge in [0.25, 0.3) is 5.91 Å². The summed E-state index contributed by atoms with van der Waals surface area (Å²) in [6.07, 6.45) is 2.00. The average molecular weight is 201 g/mol. The molecule has 2 aliphatic rings. The van der Waals surface area contributed by atoms with Crippen LogP contribution in [0.4, 0.5) is 0 Å². The molecule has 1 unspecified atom stereocenters. The summed E-state index contributed by atoms with van der Waals surface area (Å²) in [7, 11) is 0. The predicted molar refractivity (Wildman–Crippen MR) is 52.4 cm³/mol. The van der Waals surface area contributed by atoms with Crippen molar-refractivity contribution in [2.45, 2.75) is 25.4 Å². The molecule has 0 aromatic heterocycles. The smallest absolute Gasteiger partial charge is 0.255 e. The van der Waals surface area contributed by atoms with Gasteiger partial charge >= 0.3 is 0 Å². The predicted octanol–water partition coefficient (Wildman–Crippen LogP) is 0.680.